The minimum atomic E-state index is -0.260. The van der Waals surface area contributed by atoms with Crippen molar-refractivity contribution in [2.45, 2.75) is 41.0 Å². The number of nitrogens with zero attached hydrogens (tertiary/aromatic N) is 2. The molecule has 4 heterocycles. The number of amides is 1. The van der Waals surface area contributed by atoms with E-state index in [4.69, 9.17) is 0 Å². The molecule has 2 bridgehead atoms. The van der Waals surface area contributed by atoms with Crippen LogP contribution in [0, 0.1) is 11.7 Å². The summed E-state index contributed by atoms with van der Waals surface area (Å²) < 4.78 is 14.2. The van der Waals surface area contributed by atoms with Crippen molar-refractivity contribution in [3.8, 4) is 0 Å². The fourth-order valence-electron chi connectivity index (χ4n) is 3.82. The maximum atomic E-state index is 13.3. The number of carbonyl (C=O) groups excluding carboxylic acids is 1. The number of aromatic nitrogens is 1. The van der Waals surface area contributed by atoms with E-state index in [1.54, 1.807) is 12.3 Å². The average Bonchev–Trinajstić information content (AvgIpc) is 3.07. The van der Waals surface area contributed by atoms with Crippen LogP contribution in [-0.2, 0) is 0 Å². The van der Waals surface area contributed by atoms with Gasteiger partial charge in [0.1, 0.15) is 5.82 Å². The standard InChI is InChI=1S/C18H20FN3OS2/c1-11-16(12-5-7-22(11)8-6-12)21-17(23)18-20-10-15(25-18)24-14-4-2-3-13(19)9-14/h2-4,9-12,16H,5-8H2,1H3,(H,21,23)/t11-,16-/m0/s1. The Morgan fingerprint density at radius 3 is 2.92 bits per heavy atom. The first kappa shape index (κ1) is 17.0. The van der Waals surface area contributed by atoms with Crippen LogP contribution in [-0.4, -0.2) is 41.0 Å². The van der Waals surface area contributed by atoms with Gasteiger partial charge in [-0.05, 0) is 57.0 Å². The molecule has 0 unspecified atom stereocenters. The molecule has 0 aliphatic carbocycles. The summed E-state index contributed by atoms with van der Waals surface area (Å²) in [5, 5.41) is 3.68. The van der Waals surface area contributed by atoms with Gasteiger partial charge in [0, 0.05) is 17.0 Å². The summed E-state index contributed by atoms with van der Waals surface area (Å²) in [6, 6.07) is 7.03. The van der Waals surface area contributed by atoms with Crippen LogP contribution in [0.3, 0.4) is 0 Å². The third-order valence-electron chi connectivity index (χ3n) is 5.17. The third kappa shape index (κ3) is 3.59. The van der Waals surface area contributed by atoms with Gasteiger partial charge in [-0.1, -0.05) is 17.8 Å². The molecule has 3 aliphatic rings. The van der Waals surface area contributed by atoms with E-state index in [-0.39, 0.29) is 17.8 Å². The van der Waals surface area contributed by atoms with Crippen LogP contribution in [0.1, 0.15) is 29.6 Å². The van der Waals surface area contributed by atoms with Crippen molar-refractivity contribution < 1.29 is 9.18 Å². The smallest absolute Gasteiger partial charge is 0.280 e. The molecular weight excluding hydrogens is 357 g/mol. The monoisotopic (exact) mass is 377 g/mol. The van der Waals surface area contributed by atoms with Crippen molar-refractivity contribution in [2.75, 3.05) is 13.1 Å². The van der Waals surface area contributed by atoms with Crippen LogP contribution in [0.5, 0.6) is 0 Å². The van der Waals surface area contributed by atoms with Gasteiger partial charge < -0.3 is 5.32 Å². The van der Waals surface area contributed by atoms with Crippen molar-refractivity contribution in [1.82, 2.24) is 15.2 Å². The second-order valence-electron chi connectivity index (χ2n) is 6.66. The fraction of sp³-hybridized carbons (Fsp3) is 0.444. The Morgan fingerprint density at radius 2 is 2.20 bits per heavy atom. The molecule has 132 valence electrons. The number of benzene rings is 1. The third-order valence-corrected chi connectivity index (χ3v) is 7.26. The summed E-state index contributed by atoms with van der Waals surface area (Å²) in [5.74, 6) is 0.218. The zero-order valence-corrected chi connectivity index (χ0v) is 15.6. The van der Waals surface area contributed by atoms with E-state index in [0.29, 0.717) is 17.0 Å². The van der Waals surface area contributed by atoms with Gasteiger partial charge in [0.05, 0.1) is 10.4 Å². The molecule has 1 N–H and O–H groups in total. The molecule has 7 heteroatoms. The van der Waals surface area contributed by atoms with Gasteiger partial charge in [0.25, 0.3) is 5.91 Å². The van der Waals surface area contributed by atoms with Gasteiger partial charge in [0.2, 0.25) is 0 Å². The molecule has 5 rings (SSSR count). The SMILES string of the molecule is C[C@H]1[C@H](NC(=O)c2ncc(Sc3cccc(F)c3)s2)C2CCN1CC2. The van der Waals surface area contributed by atoms with E-state index in [2.05, 4.69) is 22.1 Å². The molecule has 3 fully saturated rings. The van der Waals surface area contributed by atoms with Gasteiger partial charge in [0.15, 0.2) is 5.01 Å². The van der Waals surface area contributed by atoms with E-state index < -0.39 is 0 Å². The van der Waals surface area contributed by atoms with Gasteiger partial charge in [-0.15, -0.1) is 11.3 Å². The van der Waals surface area contributed by atoms with E-state index in [1.165, 1.54) is 35.2 Å². The Morgan fingerprint density at radius 1 is 1.40 bits per heavy atom. The average molecular weight is 378 g/mol. The highest BCUT2D eigenvalue weighted by Gasteiger charge is 2.40. The van der Waals surface area contributed by atoms with Crippen molar-refractivity contribution in [3.05, 3.63) is 41.3 Å². The topological polar surface area (TPSA) is 45.2 Å². The lowest BCUT2D eigenvalue weighted by molar-refractivity contribution is 0.0217. The summed E-state index contributed by atoms with van der Waals surface area (Å²) in [5.41, 5.74) is 0. The highest BCUT2D eigenvalue weighted by molar-refractivity contribution is 8.01. The fourth-order valence-corrected chi connectivity index (χ4v) is 5.72. The predicted octanol–water partition coefficient (Wildman–Crippen LogP) is 3.65. The highest BCUT2D eigenvalue weighted by atomic mass is 32.2. The molecule has 1 aromatic carbocycles. The molecule has 4 nitrogen and oxygen atoms in total. The number of nitrogens with one attached hydrogen (secondary N) is 1. The zero-order valence-electron chi connectivity index (χ0n) is 13.9. The highest BCUT2D eigenvalue weighted by Crippen LogP contribution is 2.34. The Balaban J connectivity index is 1.42. The predicted molar refractivity (Wildman–Crippen MR) is 97.7 cm³/mol. The number of thiazole rings is 1. The minimum absolute atomic E-state index is 0.0957. The first-order valence-electron chi connectivity index (χ1n) is 8.54. The summed E-state index contributed by atoms with van der Waals surface area (Å²) in [4.78, 5) is 20.1. The minimum Gasteiger partial charge on any atom is -0.345 e. The molecule has 2 atom stereocenters. The molecular formula is C18H20FN3OS2. The number of piperidine rings is 3. The number of fused-ring (bicyclic) bond motifs is 3. The maximum Gasteiger partial charge on any atom is 0.280 e. The molecule has 3 aliphatic heterocycles. The molecule has 0 radical (unpaired) electrons. The van der Waals surface area contributed by atoms with Crippen LogP contribution in [0.4, 0.5) is 4.39 Å². The molecule has 2 aromatic rings. The first-order chi connectivity index (χ1) is 12.1. The van der Waals surface area contributed by atoms with Crippen LogP contribution in [0.2, 0.25) is 0 Å². The number of hydrogen-bond acceptors (Lipinski definition) is 5. The number of halogens is 1. The lowest BCUT2D eigenvalue weighted by Crippen LogP contribution is -2.62. The summed E-state index contributed by atoms with van der Waals surface area (Å²) in [6.45, 7) is 4.48. The normalized spacial score (nSPS) is 28.1. The lowest BCUT2D eigenvalue weighted by Gasteiger charge is -2.49. The van der Waals surface area contributed by atoms with Crippen LogP contribution < -0.4 is 5.32 Å². The van der Waals surface area contributed by atoms with E-state index in [0.717, 1.165) is 35.0 Å². The van der Waals surface area contributed by atoms with Gasteiger partial charge in [-0.3, -0.25) is 9.69 Å². The van der Waals surface area contributed by atoms with Gasteiger partial charge in [-0.25, -0.2) is 9.37 Å². The summed E-state index contributed by atoms with van der Waals surface area (Å²) in [7, 11) is 0. The van der Waals surface area contributed by atoms with E-state index >= 15 is 0 Å². The van der Waals surface area contributed by atoms with Gasteiger partial charge >= 0.3 is 0 Å². The Kier molecular flexibility index (Phi) is 4.80. The molecule has 1 amide bonds. The number of hydrogen-bond donors (Lipinski definition) is 1. The molecule has 25 heavy (non-hydrogen) atoms. The quantitative estimate of drug-likeness (QED) is 0.883. The largest absolute Gasteiger partial charge is 0.345 e. The Labute approximate surface area is 154 Å². The van der Waals surface area contributed by atoms with Crippen LogP contribution in [0.15, 0.2) is 39.6 Å². The zero-order chi connectivity index (χ0) is 17.4. The van der Waals surface area contributed by atoms with Crippen LogP contribution >= 0.6 is 23.1 Å². The van der Waals surface area contributed by atoms with E-state index in [1.807, 2.05) is 6.07 Å². The Hall–Kier alpha value is -1.44. The summed E-state index contributed by atoms with van der Waals surface area (Å²) >= 11 is 2.78. The lowest BCUT2D eigenvalue weighted by atomic mass is 9.79. The van der Waals surface area contributed by atoms with E-state index in [9.17, 15) is 9.18 Å². The molecule has 1 aromatic heterocycles. The van der Waals surface area contributed by atoms with Crippen molar-refractivity contribution in [3.63, 3.8) is 0 Å². The van der Waals surface area contributed by atoms with Crippen LogP contribution in [0.25, 0.3) is 0 Å². The maximum absolute atomic E-state index is 13.3. The number of rotatable bonds is 4. The van der Waals surface area contributed by atoms with Gasteiger partial charge in [-0.2, -0.15) is 0 Å². The molecule has 0 spiro atoms. The van der Waals surface area contributed by atoms with Crippen molar-refractivity contribution in [1.29, 1.82) is 0 Å². The second kappa shape index (κ2) is 7.05. The van der Waals surface area contributed by atoms with Crippen molar-refractivity contribution >= 4 is 29.0 Å². The molecule has 3 saturated heterocycles. The number of carbonyl (C=O) groups is 1. The summed E-state index contributed by atoms with van der Waals surface area (Å²) in [6.07, 6.45) is 4.01. The second-order valence-corrected chi connectivity index (χ2v) is 9.06. The van der Waals surface area contributed by atoms with Crippen molar-refractivity contribution in [2.24, 2.45) is 5.92 Å². The first-order valence-corrected chi connectivity index (χ1v) is 10.2. The molecule has 0 saturated carbocycles. The Bertz CT molecular complexity index is 771.